The number of nitrogens with zero attached hydrogens (tertiary/aromatic N) is 2. The fraction of sp³-hybridized carbons (Fsp3) is 0.133. The second kappa shape index (κ2) is 6.53. The summed E-state index contributed by atoms with van der Waals surface area (Å²) >= 11 is 0. The molecule has 23 heavy (non-hydrogen) atoms. The molecule has 0 aliphatic rings. The molecule has 1 aromatic heterocycles. The number of methoxy groups -OCH3 is 1. The van der Waals surface area contributed by atoms with Gasteiger partial charge in [0, 0.05) is 18.0 Å². The van der Waals surface area contributed by atoms with Gasteiger partial charge >= 0.3 is 11.9 Å². The zero-order chi connectivity index (χ0) is 17.0. The predicted molar refractivity (Wildman–Crippen MR) is 79.4 cm³/mol. The molecule has 0 saturated carbocycles. The lowest BCUT2D eigenvalue weighted by molar-refractivity contribution is -0.139. The maximum Gasteiger partial charge on any atom is 0.357 e. The number of carboxylic acids is 1. The molecule has 0 saturated heterocycles. The number of carboxylic acid groups (broad SMARTS) is 1. The Morgan fingerprint density at radius 1 is 1.43 bits per heavy atom. The molecule has 3 N–H and O–H groups in total. The number of benzene rings is 1. The van der Waals surface area contributed by atoms with Crippen LogP contribution in [0.4, 0.5) is 5.69 Å². The molecule has 0 amide bonds. The summed E-state index contributed by atoms with van der Waals surface area (Å²) < 4.78 is 11.2. The van der Waals surface area contributed by atoms with Gasteiger partial charge in [0.25, 0.3) is 0 Å². The van der Waals surface area contributed by atoms with Gasteiger partial charge in [0.1, 0.15) is 11.8 Å². The molecule has 0 aliphatic carbocycles. The number of nitriles is 1. The maximum atomic E-state index is 11.9. The van der Waals surface area contributed by atoms with Gasteiger partial charge in [-0.05, 0) is 12.1 Å². The fourth-order valence-corrected chi connectivity index (χ4v) is 1.99. The molecular formula is C15H13N3O5. The second-order valence-corrected chi connectivity index (χ2v) is 4.46. The van der Waals surface area contributed by atoms with Crippen LogP contribution in [0.15, 0.2) is 30.5 Å². The quantitative estimate of drug-likeness (QED) is 0.793. The lowest BCUT2D eigenvalue weighted by Crippen LogP contribution is -2.12. The first-order valence-corrected chi connectivity index (χ1v) is 6.42. The van der Waals surface area contributed by atoms with Gasteiger partial charge in [-0.15, -0.1) is 0 Å². The summed E-state index contributed by atoms with van der Waals surface area (Å²) in [6.45, 7) is -0.495. The Morgan fingerprint density at radius 3 is 2.78 bits per heavy atom. The summed E-state index contributed by atoms with van der Waals surface area (Å²) in [6.07, 6.45) is 1.40. The Labute approximate surface area is 131 Å². The Balaban J connectivity index is 2.50. The summed E-state index contributed by atoms with van der Waals surface area (Å²) in [5.74, 6) is -1.50. The van der Waals surface area contributed by atoms with Crippen molar-refractivity contribution in [3.8, 4) is 17.5 Å². The van der Waals surface area contributed by atoms with Gasteiger partial charge in [0.05, 0.1) is 18.4 Å². The molecule has 1 aromatic carbocycles. The number of esters is 1. The highest BCUT2D eigenvalue weighted by Crippen LogP contribution is 2.26. The van der Waals surface area contributed by atoms with Crippen LogP contribution in [-0.4, -0.2) is 35.3 Å². The summed E-state index contributed by atoms with van der Waals surface area (Å²) in [5.41, 5.74) is 6.44. The molecule has 118 valence electrons. The lowest BCUT2D eigenvalue weighted by Gasteiger charge is -2.10. The van der Waals surface area contributed by atoms with E-state index in [0.29, 0.717) is 11.4 Å². The normalized spacial score (nSPS) is 9.91. The number of carbonyl (C=O) groups excluding carboxylic acids is 1. The number of ether oxygens (including phenoxy) is 2. The molecule has 8 heteroatoms. The number of aromatic nitrogens is 1. The van der Waals surface area contributed by atoms with Crippen LogP contribution in [0.1, 0.15) is 16.1 Å². The third-order valence-electron chi connectivity index (χ3n) is 3.00. The van der Waals surface area contributed by atoms with Crippen LogP contribution < -0.4 is 10.5 Å². The van der Waals surface area contributed by atoms with Gasteiger partial charge in [-0.2, -0.15) is 5.26 Å². The van der Waals surface area contributed by atoms with Crippen molar-refractivity contribution in [3.63, 3.8) is 0 Å². The van der Waals surface area contributed by atoms with Crippen molar-refractivity contribution in [2.24, 2.45) is 0 Å². The van der Waals surface area contributed by atoms with Gasteiger partial charge < -0.3 is 24.9 Å². The predicted octanol–water partition coefficient (Wildman–Crippen LogP) is 1.18. The highest BCUT2D eigenvalue weighted by molar-refractivity contribution is 5.95. The molecule has 0 fully saturated rings. The SMILES string of the molecule is COC(=O)c1c(N)c(C#N)cn1-c1cccc(OCC(=O)O)c1. The molecule has 0 aliphatic heterocycles. The van der Waals surface area contributed by atoms with Crippen LogP contribution in [0.25, 0.3) is 5.69 Å². The van der Waals surface area contributed by atoms with Crippen molar-refractivity contribution in [2.45, 2.75) is 0 Å². The molecule has 2 rings (SSSR count). The Kier molecular flexibility index (Phi) is 4.52. The smallest absolute Gasteiger partial charge is 0.357 e. The van der Waals surface area contributed by atoms with Crippen LogP contribution in [0.5, 0.6) is 5.75 Å². The number of anilines is 1. The third kappa shape index (κ3) is 3.24. The highest BCUT2D eigenvalue weighted by atomic mass is 16.5. The first kappa shape index (κ1) is 15.9. The van der Waals surface area contributed by atoms with E-state index >= 15 is 0 Å². The molecule has 8 nitrogen and oxygen atoms in total. The van der Waals surface area contributed by atoms with Crippen molar-refractivity contribution >= 4 is 17.6 Å². The number of aliphatic carboxylic acids is 1. The minimum Gasteiger partial charge on any atom is -0.482 e. The molecule has 0 unspecified atom stereocenters. The Morgan fingerprint density at radius 2 is 2.17 bits per heavy atom. The van der Waals surface area contributed by atoms with E-state index < -0.39 is 18.5 Å². The van der Waals surface area contributed by atoms with Gasteiger partial charge in [-0.25, -0.2) is 9.59 Å². The number of hydrogen-bond donors (Lipinski definition) is 2. The van der Waals surface area contributed by atoms with Gasteiger partial charge in [-0.1, -0.05) is 6.07 Å². The van der Waals surface area contributed by atoms with E-state index in [-0.39, 0.29) is 16.9 Å². The number of nitrogen functional groups attached to an aromatic ring is 1. The van der Waals surface area contributed by atoms with Crippen LogP contribution >= 0.6 is 0 Å². The van der Waals surface area contributed by atoms with Crippen LogP contribution in [0.2, 0.25) is 0 Å². The summed E-state index contributed by atoms with van der Waals surface area (Å²) in [4.78, 5) is 22.5. The standard InChI is InChI=1S/C15H13N3O5/c1-22-15(21)14-13(17)9(6-16)7-18(14)10-3-2-4-11(5-10)23-8-12(19)20/h2-5,7H,8,17H2,1H3,(H,19,20). The zero-order valence-electron chi connectivity index (χ0n) is 12.1. The van der Waals surface area contributed by atoms with E-state index in [0.717, 1.165) is 0 Å². The monoisotopic (exact) mass is 315 g/mol. The third-order valence-corrected chi connectivity index (χ3v) is 3.00. The van der Waals surface area contributed by atoms with Crippen molar-refractivity contribution in [1.29, 1.82) is 5.26 Å². The second-order valence-electron chi connectivity index (χ2n) is 4.46. The minimum absolute atomic E-state index is 0.0104. The van der Waals surface area contributed by atoms with Crippen LogP contribution in [0.3, 0.4) is 0 Å². The molecule has 2 aromatic rings. The average molecular weight is 315 g/mol. The van der Waals surface area contributed by atoms with Gasteiger partial charge in [-0.3, -0.25) is 0 Å². The van der Waals surface area contributed by atoms with E-state index in [2.05, 4.69) is 4.74 Å². The van der Waals surface area contributed by atoms with E-state index in [1.165, 1.54) is 23.9 Å². The Bertz CT molecular complexity index is 804. The zero-order valence-corrected chi connectivity index (χ0v) is 12.1. The van der Waals surface area contributed by atoms with E-state index in [1.54, 1.807) is 18.2 Å². The van der Waals surface area contributed by atoms with Crippen molar-refractivity contribution in [2.75, 3.05) is 19.5 Å². The molecule has 0 atom stereocenters. The van der Waals surface area contributed by atoms with Crippen LogP contribution in [0, 0.1) is 11.3 Å². The first-order valence-electron chi connectivity index (χ1n) is 6.42. The van der Waals surface area contributed by atoms with Gasteiger partial charge in [0.15, 0.2) is 12.3 Å². The van der Waals surface area contributed by atoms with E-state index in [9.17, 15) is 9.59 Å². The lowest BCUT2D eigenvalue weighted by atomic mass is 10.2. The summed E-state index contributed by atoms with van der Waals surface area (Å²) in [7, 11) is 1.21. The van der Waals surface area contributed by atoms with Crippen molar-refractivity contribution in [1.82, 2.24) is 4.57 Å². The molecule has 0 bridgehead atoms. The Hall–Kier alpha value is -3.47. The molecule has 0 spiro atoms. The molecule has 0 radical (unpaired) electrons. The molecule has 1 heterocycles. The number of rotatable bonds is 5. The van der Waals surface area contributed by atoms with Crippen LogP contribution in [-0.2, 0) is 9.53 Å². The largest absolute Gasteiger partial charge is 0.482 e. The minimum atomic E-state index is -1.11. The molecular weight excluding hydrogens is 302 g/mol. The number of nitrogens with two attached hydrogens (primary N) is 1. The topological polar surface area (TPSA) is 128 Å². The van der Waals surface area contributed by atoms with Crippen molar-refractivity contribution < 1.29 is 24.2 Å². The van der Waals surface area contributed by atoms with E-state index in [4.69, 9.17) is 20.8 Å². The summed E-state index contributed by atoms with van der Waals surface area (Å²) in [5, 5.41) is 17.7. The number of hydrogen-bond acceptors (Lipinski definition) is 6. The van der Waals surface area contributed by atoms with Crippen molar-refractivity contribution in [3.05, 3.63) is 41.7 Å². The average Bonchev–Trinajstić information content (AvgIpc) is 2.89. The summed E-state index contributed by atoms with van der Waals surface area (Å²) in [6, 6.07) is 8.27. The van der Waals surface area contributed by atoms with E-state index in [1.807, 2.05) is 6.07 Å². The first-order chi connectivity index (χ1) is 11.0. The maximum absolute atomic E-state index is 11.9. The highest BCUT2D eigenvalue weighted by Gasteiger charge is 2.21. The number of carbonyl (C=O) groups is 2. The fourth-order valence-electron chi connectivity index (χ4n) is 1.99. The van der Waals surface area contributed by atoms with Gasteiger partial charge in [0.2, 0.25) is 0 Å².